The number of halogens is 1. The van der Waals surface area contributed by atoms with Gasteiger partial charge < -0.3 is 0 Å². The molecule has 0 radical (unpaired) electrons. The van der Waals surface area contributed by atoms with Crippen LogP contribution in [0.15, 0.2) is 66.7 Å². The summed E-state index contributed by atoms with van der Waals surface area (Å²) in [6, 6.07) is 21.5. The van der Waals surface area contributed by atoms with Crippen LogP contribution in [0.2, 0.25) is 5.02 Å². The molecule has 7 nitrogen and oxygen atoms in total. The van der Waals surface area contributed by atoms with Crippen LogP contribution < -0.4 is 0 Å². The number of aryl methyl sites for hydroxylation is 1. The summed E-state index contributed by atoms with van der Waals surface area (Å²) in [4.78, 5) is 4.77. The fourth-order valence-electron chi connectivity index (χ4n) is 3.78. The Morgan fingerprint density at radius 2 is 1.63 bits per heavy atom. The summed E-state index contributed by atoms with van der Waals surface area (Å²) in [7, 11) is 0. The lowest BCUT2D eigenvalue weighted by Gasteiger charge is -2.09. The standard InChI is InChI=1S/C22H14ClN7/c1-13-21-26-27-22(15-6-2-3-7-16(15)23)29(21)19-11-10-14(12-18(19)24-13)30-20-9-5-4-8-17(20)25-28-30/h2-12H,1H3. The number of benzene rings is 3. The van der Waals surface area contributed by atoms with Crippen molar-refractivity contribution in [3.8, 4) is 17.1 Å². The zero-order valence-corrected chi connectivity index (χ0v) is 16.6. The Kier molecular flexibility index (Phi) is 3.60. The van der Waals surface area contributed by atoms with Crippen molar-refractivity contribution in [1.82, 2.24) is 34.6 Å². The van der Waals surface area contributed by atoms with Gasteiger partial charge in [0.1, 0.15) is 5.52 Å². The molecule has 0 saturated heterocycles. The summed E-state index contributed by atoms with van der Waals surface area (Å²) >= 11 is 6.44. The van der Waals surface area contributed by atoms with Gasteiger partial charge in [0.25, 0.3) is 0 Å². The molecule has 3 aromatic carbocycles. The SMILES string of the molecule is Cc1nc2cc(-n3nnc4ccccc43)ccc2n2c(-c3ccccc3Cl)nnc12. The summed E-state index contributed by atoms with van der Waals surface area (Å²) < 4.78 is 3.82. The third kappa shape index (κ3) is 2.42. The molecule has 0 N–H and O–H groups in total. The van der Waals surface area contributed by atoms with Crippen molar-refractivity contribution in [1.29, 1.82) is 0 Å². The number of hydrogen-bond donors (Lipinski definition) is 0. The Balaban J connectivity index is 1.63. The van der Waals surface area contributed by atoms with Crippen LogP contribution in [0.4, 0.5) is 0 Å². The van der Waals surface area contributed by atoms with Crippen molar-refractivity contribution in [3.05, 3.63) is 77.4 Å². The van der Waals surface area contributed by atoms with E-state index in [4.69, 9.17) is 16.6 Å². The predicted molar refractivity (Wildman–Crippen MR) is 116 cm³/mol. The van der Waals surface area contributed by atoms with Crippen LogP contribution in [0.5, 0.6) is 0 Å². The second-order valence-corrected chi connectivity index (χ2v) is 7.43. The van der Waals surface area contributed by atoms with Gasteiger partial charge in [0.2, 0.25) is 0 Å². The highest BCUT2D eigenvalue weighted by molar-refractivity contribution is 6.33. The maximum Gasteiger partial charge on any atom is 0.183 e. The highest BCUT2D eigenvalue weighted by Crippen LogP contribution is 2.30. The Bertz CT molecular complexity index is 1580. The van der Waals surface area contributed by atoms with Crippen LogP contribution in [0.1, 0.15) is 5.69 Å². The van der Waals surface area contributed by atoms with Gasteiger partial charge >= 0.3 is 0 Å². The average Bonchev–Trinajstić information content (AvgIpc) is 3.39. The molecular formula is C22H14ClN7. The van der Waals surface area contributed by atoms with Crippen molar-refractivity contribution >= 4 is 39.3 Å². The molecule has 0 bridgehead atoms. The smallest absolute Gasteiger partial charge is 0.183 e. The summed E-state index contributed by atoms with van der Waals surface area (Å²) in [6.07, 6.45) is 0. The first-order chi connectivity index (χ1) is 14.7. The number of hydrogen-bond acceptors (Lipinski definition) is 5. The van der Waals surface area contributed by atoms with Gasteiger partial charge in [-0.25, -0.2) is 9.67 Å². The second kappa shape index (κ2) is 6.33. The molecule has 0 aliphatic heterocycles. The average molecular weight is 412 g/mol. The van der Waals surface area contributed by atoms with E-state index in [0.717, 1.165) is 39.0 Å². The monoisotopic (exact) mass is 411 g/mol. The van der Waals surface area contributed by atoms with Crippen molar-refractivity contribution in [2.75, 3.05) is 0 Å². The summed E-state index contributed by atoms with van der Waals surface area (Å²) in [5.74, 6) is 0.685. The third-order valence-corrected chi connectivity index (χ3v) is 5.52. The zero-order valence-electron chi connectivity index (χ0n) is 15.9. The quantitative estimate of drug-likeness (QED) is 0.415. The number of rotatable bonds is 2. The minimum Gasteiger partial charge on any atom is -0.272 e. The topological polar surface area (TPSA) is 73.8 Å². The molecule has 0 aliphatic rings. The largest absolute Gasteiger partial charge is 0.272 e. The predicted octanol–water partition coefficient (Wildman–Crippen LogP) is 4.64. The van der Waals surface area contributed by atoms with Crippen molar-refractivity contribution in [2.24, 2.45) is 0 Å². The van der Waals surface area contributed by atoms with Crippen LogP contribution in [-0.2, 0) is 0 Å². The van der Waals surface area contributed by atoms with E-state index in [-0.39, 0.29) is 0 Å². The van der Waals surface area contributed by atoms with Crippen LogP contribution in [0.3, 0.4) is 0 Å². The normalized spacial score (nSPS) is 11.7. The van der Waals surface area contributed by atoms with Crippen molar-refractivity contribution in [3.63, 3.8) is 0 Å². The van der Waals surface area contributed by atoms with E-state index >= 15 is 0 Å². The lowest BCUT2D eigenvalue weighted by Crippen LogP contribution is -2.01. The molecule has 3 heterocycles. The minimum atomic E-state index is 0.625. The second-order valence-electron chi connectivity index (χ2n) is 7.02. The van der Waals surface area contributed by atoms with Gasteiger partial charge in [-0.15, -0.1) is 15.3 Å². The third-order valence-electron chi connectivity index (χ3n) is 5.19. The van der Waals surface area contributed by atoms with E-state index in [1.165, 1.54) is 0 Å². The summed E-state index contributed by atoms with van der Waals surface area (Å²) in [5.41, 5.74) is 6.69. The Morgan fingerprint density at radius 3 is 2.53 bits per heavy atom. The molecule has 6 aromatic rings. The number of nitrogens with zero attached hydrogens (tertiary/aromatic N) is 7. The Labute approximate surface area is 175 Å². The number of para-hydroxylation sites is 1. The molecule has 0 unspecified atom stereocenters. The van der Waals surface area contributed by atoms with Gasteiger partial charge in [0, 0.05) is 5.56 Å². The molecule has 0 fully saturated rings. The van der Waals surface area contributed by atoms with Crippen LogP contribution in [0, 0.1) is 6.92 Å². The van der Waals surface area contributed by atoms with E-state index in [2.05, 4.69) is 20.5 Å². The van der Waals surface area contributed by atoms with Gasteiger partial charge in [0.15, 0.2) is 11.5 Å². The summed E-state index contributed by atoms with van der Waals surface area (Å²) in [6.45, 7) is 1.93. The van der Waals surface area contributed by atoms with E-state index in [1.54, 1.807) is 0 Å². The van der Waals surface area contributed by atoms with Gasteiger partial charge in [-0.2, -0.15) is 0 Å². The molecule has 6 rings (SSSR count). The van der Waals surface area contributed by atoms with Crippen LogP contribution in [-0.4, -0.2) is 34.6 Å². The highest BCUT2D eigenvalue weighted by atomic mass is 35.5. The zero-order chi connectivity index (χ0) is 20.2. The molecule has 144 valence electrons. The maximum atomic E-state index is 6.44. The van der Waals surface area contributed by atoms with Crippen molar-refractivity contribution < 1.29 is 0 Å². The fourth-order valence-corrected chi connectivity index (χ4v) is 4.00. The molecule has 8 heteroatoms. The Morgan fingerprint density at radius 1 is 0.800 bits per heavy atom. The molecular weight excluding hydrogens is 398 g/mol. The lowest BCUT2D eigenvalue weighted by atomic mass is 10.2. The molecule has 0 amide bonds. The molecule has 0 atom stereocenters. The van der Waals surface area contributed by atoms with Gasteiger partial charge in [-0.3, -0.25) is 4.40 Å². The van der Waals surface area contributed by atoms with Crippen LogP contribution >= 0.6 is 11.6 Å². The first kappa shape index (κ1) is 17.1. The minimum absolute atomic E-state index is 0.625. The van der Waals surface area contributed by atoms with E-state index in [1.807, 2.05) is 82.7 Å². The molecule has 3 aromatic heterocycles. The van der Waals surface area contributed by atoms with Gasteiger partial charge in [-0.1, -0.05) is 41.1 Å². The maximum absolute atomic E-state index is 6.44. The fraction of sp³-hybridized carbons (Fsp3) is 0.0455. The van der Waals surface area contributed by atoms with Crippen molar-refractivity contribution in [2.45, 2.75) is 6.92 Å². The van der Waals surface area contributed by atoms with E-state index in [0.29, 0.717) is 16.5 Å². The summed E-state index contributed by atoms with van der Waals surface area (Å²) in [5, 5.41) is 18.0. The first-order valence-electron chi connectivity index (χ1n) is 9.42. The molecule has 0 aliphatic carbocycles. The number of aromatic nitrogens is 7. The van der Waals surface area contributed by atoms with E-state index in [9.17, 15) is 0 Å². The molecule has 0 saturated carbocycles. The molecule has 0 spiro atoms. The van der Waals surface area contributed by atoms with Crippen LogP contribution in [0.25, 0.3) is 44.8 Å². The molecule has 30 heavy (non-hydrogen) atoms. The lowest BCUT2D eigenvalue weighted by molar-refractivity contribution is 0.824. The Hall–Kier alpha value is -3.84. The first-order valence-corrected chi connectivity index (χ1v) is 9.80. The highest BCUT2D eigenvalue weighted by Gasteiger charge is 2.17. The van der Waals surface area contributed by atoms with Gasteiger partial charge in [-0.05, 0) is 49.4 Å². The number of fused-ring (bicyclic) bond motifs is 4. The van der Waals surface area contributed by atoms with E-state index < -0.39 is 0 Å². The van der Waals surface area contributed by atoms with Gasteiger partial charge in [0.05, 0.1) is 33.0 Å².